The minimum Gasteiger partial charge on any atom is -0.459 e. The molecule has 0 aliphatic carbocycles. The maximum absolute atomic E-state index is 12.1. The van der Waals surface area contributed by atoms with Gasteiger partial charge >= 0.3 is 5.97 Å². The number of halogens is 1. The Kier molecular flexibility index (Phi) is 4.67. The van der Waals surface area contributed by atoms with Crippen LogP contribution in [-0.4, -0.2) is 15.7 Å². The summed E-state index contributed by atoms with van der Waals surface area (Å²) in [5.41, 5.74) is 8.92. The molecule has 0 radical (unpaired) electrons. The van der Waals surface area contributed by atoms with Crippen LogP contribution >= 0.6 is 15.9 Å². The highest BCUT2D eigenvalue weighted by Crippen LogP contribution is 2.23. The molecule has 0 bridgehead atoms. The molecule has 6 heteroatoms. The average molecular weight is 352 g/mol. The van der Waals surface area contributed by atoms with Gasteiger partial charge in [0.2, 0.25) is 0 Å². The van der Waals surface area contributed by atoms with Crippen molar-refractivity contribution in [3.8, 4) is 0 Å². The summed E-state index contributed by atoms with van der Waals surface area (Å²) in [4.78, 5) is 12.1. The maximum Gasteiger partial charge on any atom is 0.313 e. The number of carbonyl (C=O) groups is 1. The molecule has 0 fully saturated rings. The minimum atomic E-state index is -0.360. The molecule has 0 amide bonds. The van der Waals surface area contributed by atoms with E-state index in [0.717, 1.165) is 21.4 Å². The van der Waals surface area contributed by atoms with Gasteiger partial charge in [-0.05, 0) is 47.5 Å². The molecule has 5 nitrogen and oxygen atoms in total. The lowest BCUT2D eigenvalue weighted by Gasteiger charge is -2.12. The van der Waals surface area contributed by atoms with Crippen molar-refractivity contribution in [2.24, 2.45) is 7.05 Å². The molecule has 2 rings (SSSR count). The van der Waals surface area contributed by atoms with Crippen LogP contribution in [0.5, 0.6) is 0 Å². The Morgan fingerprint density at radius 3 is 2.81 bits per heavy atom. The summed E-state index contributed by atoms with van der Waals surface area (Å²) in [7, 11) is 1.82. The van der Waals surface area contributed by atoms with Gasteiger partial charge in [-0.1, -0.05) is 12.1 Å². The summed E-state index contributed by atoms with van der Waals surface area (Å²) in [6.45, 7) is 3.88. The Hall–Kier alpha value is -1.82. The van der Waals surface area contributed by atoms with E-state index >= 15 is 0 Å². The first-order valence-electron chi connectivity index (χ1n) is 6.60. The van der Waals surface area contributed by atoms with Gasteiger partial charge in [-0.25, -0.2) is 0 Å². The number of nitrogens with two attached hydrogens (primary N) is 1. The molecule has 112 valence electrons. The first-order chi connectivity index (χ1) is 9.90. The summed E-state index contributed by atoms with van der Waals surface area (Å²) in [5, 5.41) is 4.27. The highest BCUT2D eigenvalue weighted by molar-refractivity contribution is 9.10. The molecule has 1 aromatic heterocycles. The van der Waals surface area contributed by atoms with Crippen LogP contribution in [0.1, 0.15) is 29.8 Å². The van der Waals surface area contributed by atoms with E-state index in [1.54, 1.807) is 23.7 Å². The number of aryl methyl sites for hydroxylation is 2. The predicted molar refractivity (Wildman–Crippen MR) is 84.7 cm³/mol. The van der Waals surface area contributed by atoms with Crippen molar-refractivity contribution in [1.29, 1.82) is 0 Å². The summed E-state index contributed by atoms with van der Waals surface area (Å²) >= 11 is 3.45. The van der Waals surface area contributed by atoms with Gasteiger partial charge in [0.1, 0.15) is 6.61 Å². The summed E-state index contributed by atoms with van der Waals surface area (Å²) in [6.07, 6.45) is 0. The SMILES string of the molecule is Cc1nn(C)c(COC(=O)C(C)c2cccc(N)c2)c1Br. The van der Waals surface area contributed by atoms with Crippen LogP contribution in [0.15, 0.2) is 28.7 Å². The molecule has 0 aliphatic heterocycles. The number of nitrogen functional groups attached to an aromatic ring is 1. The van der Waals surface area contributed by atoms with Crippen molar-refractivity contribution >= 4 is 27.6 Å². The average Bonchev–Trinajstić information content (AvgIpc) is 2.69. The molecule has 0 aliphatic rings. The Morgan fingerprint density at radius 2 is 2.24 bits per heavy atom. The van der Waals surface area contributed by atoms with Crippen LogP contribution in [0.3, 0.4) is 0 Å². The monoisotopic (exact) mass is 351 g/mol. The van der Waals surface area contributed by atoms with Crippen LogP contribution in [-0.2, 0) is 23.2 Å². The molecule has 1 heterocycles. The van der Waals surface area contributed by atoms with Gasteiger partial charge < -0.3 is 10.5 Å². The second kappa shape index (κ2) is 6.30. The molecule has 1 unspecified atom stereocenters. The van der Waals surface area contributed by atoms with Gasteiger partial charge in [0.05, 0.1) is 21.8 Å². The number of aromatic nitrogens is 2. The molecule has 0 saturated carbocycles. The Bertz CT molecular complexity index is 667. The second-order valence-corrected chi connectivity index (χ2v) is 5.76. The van der Waals surface area contributed by atoms with Crippen molar-refractivity contribution in [3.05, 3.63) is 45.7 Å². The summed E-state index contributed by atoms with van der Waals surface area (Å²) in [5.74, 6) is -0.645. The number of carbonyl (C=O) groups excluding carboxylic acids is 1. The van der Waals surface area contributed by atoms with Crippen LogP contribution in [0.4, 0.5) is 5.69 Å². The van der Waals surface area contributed by atoms with Gasteiger partial charge in [0.15, 0.2) is 0 Å². The quantitative estimate of drug-likeness (QED) is 0.679. The number of hydrogen-bond donors (Lipinski definition) is 1. The van der Waals surface area contributed by atoms with Crippen molar-refractivity contribution in [2.45, 2.75) is 26.4 Å². The van der Waals surface area contributed by atoms with Crippen molar-refractivity contribution < 1.29 is 9.53 Å². The van der Waals surface area contributed by atoms with E-state index in [-0.39, 0.29) is 18.5 Å². The number of hydrogen-bond acceptors (Lipinski definition) is 4. The third-order valence-electron chi connectivity index (χ3n) is 3.38. The minimum absolute atomic E-state index is 0.184. The van der Waals surface area contributed by atoms with Gasteiger partial charge in [-0.2, -0.15) is 5.10 Å². The zero-order chi connectivity index (χ0) is 15.6. The number of ether oxygens (including phenoxy) is 1. The first kappa shape index (κ1) is 15.6. The molecule has 1 atom stereocenters. The fraction of sp³-hybridized carbons (Fsp3) is 0.333. The predicted octanol–water partition coefficient (Wildman–Crippen LogP) is 2.92. The third-order valence-corrected chi connectivity index (χ3v) is 4.41. The van der Waals surface area contributed by atoms with Crippen LogP contribution in [0.2, 0.25) is 0 Å². The molecule has 1 aromatic carbocycles. The Labute approximate surface area is 132 Å². The van der Waals surface area contributed by atoms with E-state index in [0.29, 0.717) is 5.69 Å². The normalized spacial score (nSPS) is 12.2. The zero-order valence-electron chi connectivity index (χ0n) is 12.3. The van der Waals surface area contributed by atoms with E-state index in [4.69, 9.17) is 10.5 Å². The molecular formula is C15H18BrN3O2. The lowest BCUT2D eigenvalue weighted by molar-refractivity contribution is -0.146. The maximum atomic E-state index is 12.1. The largest absolute Gasteiger partial charge is 0.459 e. The molecular weight excluding hydrogens is 334 g/mol. The van der Waals surface area contributed by atoms with Crippen molar-refractivity contribution in [2.75, 3.05) is 5.73 Å². The van der Waals surface area contributed by atoms with E-state index in [1.807, 2.05) is 26.1 Å². The highest BCUT2D eigenvalue weighted by Gasteiger charge is 2.19. The van der Waals surface area contributed by atoms with Crippen molar-refractivity contribution in [1.82, 2.24) is 9.78 Å². The lowest BCUT2D eigenvalue weighted by Crippen LogP contribution is -2.14. The molecule has 2 aromatic rings. The first-order valence-corrected chi connectivity index (χ1v) is 7.39. The highest BCUT2D eigenvalue weighted by atomic mass is 79.9. The summed E-state index contributed by atoms with van der Waals surface area (Å²) < 4.78 is 7.96. The topological polar surface area (TPSA) is 70.1 Å². The number of rotatable bonds is 4. The van der Waals surface area contributed by atoms with Crippen LogP contribution in [0, 0.1) is 6.92 Å². The third kappa shape index (κ3) is 3.44. The van der Waals surface area contributed by atoms with Crippen LogP contribution < -0.4 is 5.73 Å². The van der Waals surface area contributed by atoms with Gasteiger partial charge in [-0.3, -0.25) is 9.48 Å². The zero-order valence-corrected chi connectivity index (χ0v) is 13.8. The van der Waals surface area contributed by atoms with Gasteiger partial charge in [0.25, 0.3) is 0 Å². The second-order valence-electron chi connectivity index (χ2n) is 4.97. The van der Waals surface area contributed by atoms with Gasteiger partial charge in [-0.15, -0.1) is 0 Å². The fourth-order valence-corrected chi connectivity index (χ4v) is 2.52. The number of benzene rings is 1. The van der Waals surface area contributed by atoms with E-state index in [2.05, 4.69) is 21.0 Å². The van der Waals surface area contributed by atoms with Gasteiger partial charge in [0, 0.05) is 12.7 Å². The van der Waals surface area contributed by atoms with E-state index in [1.165, 1.54) is 0 Å². The smallest absolute Gasteiger partial charge is 0.313 e. The lowest BCUT2D eigenvalue weighted by atomic mass is 10.0. The molecule has 21 heavy (non-hydrogen) atoms. The van der Waals surface area contributed by atoms with E-state index in [9.17, 15) is 4.79 Å². The van der Waals surface area contributed by atoms with E-state index < -0.39 is 0 Å². The van der Waals surface area contributed by atoms with Crippen LogP contribution in [0.25, 0.3) is 0 Å². The fourth-order valence-electron chi connectivity index (χ4n) is 2.07. The molecule has 0 spiro atoms. The van der Waals surface area contributed by atoms with Crippen molar-refractivity contribution in [3.63, 3.8) is 0 Å². The number of esters is 1. The Morgan fingerprint density at radius 1 is 1.52 bits per heavy atom. The number of anilines is 1. The standard InChI is InChI=1S/C15H18BrN3O2/c1-9(11-5-4-6-12(17)7-11)15(20)21-8-13-14(16)10(2)18-19(13)3/h4-7,9H,8,17H2,1-3H3. The number of nitrogens with zero attached hydrogens (tertiary/aromatic N) is 2. The summed E-state index contributed by atoms with van der Waals surface area (Å²) in [6, 6.07) is 7.27. The molecule has 2 N–H and O–H groups in total. The molecule has 0 saturated heterocycles. The Balaban J connectivity index is 2.05.